The summed E-state index contributed by atoms with van der Waals surface area (Å²) in [5.74, 6) is -0.574. The highest BCUT2D eigenvalue weighted by Gasteiger charge is 2.34. The molecule has 0 unspecified atom stereocenters. The lowest BCUT2D eigenvalue weighted by molar-refractivity contribution is -0.147. The maximum atomic E-state index is 12.1. The van der Waals surface area contributed by atoms with Crippen LogP contribution in [0, 0.1) is 0 Å². The number of halogens is 2. The van der Waals surface area contributed by atoms with Gasteiger partial charge in [-0.3, -0.25) is 4.79 Å². The number of thioether (sulfide) groups is 1. The first-order valence-electron chi connectivity index (χ1n) is 6.11. The molecular weight excluding hydrogens is 304 g/mol. The lowest BCUT2D eigenvalue weighted by Crippen LogP contribution is -2.42. The van der Waals surface area contributed by atoms with E-state index in [1.165, 1.54) is 40.9 Å². The number of ether oxygens (including phenoxy) is 1. The number of carboxylic acids is 1. The third-order valence-corrected chi connectivity index (χ3v) is 4.00. The van der Waals surface area contributed by atoms with Gasteiger partial charge < -0.3 is 14.7 Å². The van der Waals surface area contributed by atoms with Crippen molar-refractivity contribution in [2.75, 3.05) is 11.6 Å². The van der Waals surface area contributed by atoms with Crippen LogP contribution in [0.15, 0.2) is 24.3 Å². The molecule has 0 saturated carbocycles. The zero-order valence-electron chi connectivity index (χ0n) is 10.9. The molecule has 0 radical (unpaired) electrons. The molecule has 1 aliphatic rings. The monoisotopic (exact) mass is 317 g/mol. The molecular formula is C13H13F2NO4S. The number of alkyl halides is 2. The van der Waals surface area contributed by atoms with E-state index in [1.807, 2.05) is 0 Å². The van der Waals surface area contributed by atoms with Gasteiger partial charge >= 0.3 is 12.6 Å². The number of aliphatic carboxylic acids is 1. The minimum Gasteiger partial charge on any atom is -0.480 e. The molecule has 1 saturated heterocycles. The van der Waals surface area contributed by atoms with Gasteiger partial charge in [0.1, 0.15) is 11.8 Å². The lowest BCUT2D eigenvalue weighted by atomic mass is 10.1. The lowest BCUT2D eigenvalue weighted by Gasteiger charge is -2.20. The average Bonchev–Trinajstić information content (AvgIpc) is 2.90. The number of carbonyl (C=O) groups excluding carboxylic acids is 1. The first-order valence-corrected chi connectivity index (χ1v) is 7.26. The van der Waals surface area contributed by atoms with Crippen molar-refractivity contribution >= 4 is 23.6 Å². The number of amides is 1. The van der Waals surface area contributed by atoms with Gasteiger partial charge in [0.2, 0.25) is 5.91 Å². The highest BCUT2D eigenvalue weighted by atomic mass is 32.2. The number of benzene rings is 1. The SMILES string of the molecule is O=C(O)[C@@H]1CSCN1C(=O)Cc1ccc(OC(F)F)cc1. The molecule has 1 heterocycles. The Morgan fingerprint density at radius 3 is 2.62 bits per heavy atom. The van der Waals surface area contributed by atoms with Crippen LogP contribution in [0.25, 0.3) is 0 Å². The number of rotatable bonds is 5. The number of hydrogen-bond acceptors (Lipinski definition) is 4. The molecule has 8 heteroatoms. The van der Waals surface area contributed by atoms with Crippen molar-refractivity contribution in [1.82, 2.24) is 4.90 Å². The zero-order chi connectivity index (χ0) is 15.4. The van der Waals surface area contributed by atoms with Crippen LogP contribution in [-0.4, -0.2) is 46.2 Å². The fourth-order valence-corrected chi connectivity index (χ4v) is 3.13. The molecule has 0 aliphatic carbocycles. The van der Waals surface area contributed by atoms with Crippen LogP contribution in [0.5, 0.6) is 5.75 Å². The van der Waals surface area contributed by atoms with E-state index in [4.69, 9.17) is 5.11 Å². The van der Waals surface area contributed by atoms with Gasteiger partial charge in [-0.05, 0) is 17.7 Å². The Morgan fingerprint density at radius 1 is 1.38 bits per heavy atom. The standard InChI is InChI=1S/C13H13F2NO4S/c14-13(15)20-9-3-1-8(2-4-9)5-11(17)16-7-21-6-10(16)12(18)19/h1-4,10,13H,5-7H2,(H,18,19)/t10-/m0/s1. The van der Waals surface area contributed by atoms with Gasteiger partial charge in [0.25, 0.3) is 0 Å². The molecule has 1 aromatic carbocycles. The predicted molar refractivity (Wildman–Crippen MR) is 72.4 cm³/mol. The molecule has 0 aromatic heterocycles. The second kappa shape index (κ2) is 6.75. The predicted octanol–water partition coefficient (Wildman–Crippen LogP) is 1.82. The van der Waals surface area contributed by atoms with Crippen LogP contribution in [0.1, 0.15) is 5.56 Å². The Kier molecular flexibility index (Phi) is 5.00. The molecule has 114 valence electrons. The number of carbonyl (C=O) groups is 2. The minimum atomic E-state index is -2.89. The van der Waals surface area contributed by atoms with Crippen molar-refractivity contribution < 1.29 is 28.2 Å². The van der Waals surface area contributed by atoms with Crippen molar-refractivity contribution in [3.8, 4) is 5.75 Å². The summed E-state index contributed by atoms with van der Waals surface area (Å²) in [5, 5.41) is 9.02. The Bertz CT molecular complexity index is 523. The maximum absolute atomic E-state index is 12.1. The first-order chi connectivity index (χ1) is 9.97. The van der Waals surface area contributed by atoms with Gasteiger partial charge in [-0.2, -0.15) is 8.78 Å². The summed E-state index contributed by atoms with van der Waals surface area (Å²) < 4.78 is 28.2. The molecule has 1 aromatic rings. The Morgan fingerprint density at radius 2 is 2.05 bits per heavy atom. The molecule has 1 atom stereocenters. The van der Waals surface area contributed by atoms with E-state index >= 15 is 0 Å². The van der Waals surface area contributed by atoms with Crippen LogP contribution < -0.4 is 4.74 Å². The van der Waals surface area contributed by atoms with Crippen molar-refractivity contribution in [1.29, 1.82) is 0 Å². The molecule has 0 bridgehead atoms. The maximum Gasteiger partial charge on any atom is 0.387 e. The topological polar surface area (TPSA) is 66.8 Å². The fraction of sp³-hybridized carbons (Fsp3) is 0.385. The van der Waals surface area contributed by atoms with Gasteiger partial charge in [-0.1, -0.05) is 12.1 Å². The quantitative estimate of drug-likeness (QED) is 0.897. The van der Waals surface area contributed by atoms with E-state index in [9.17, 15) is 18.4 Å². The van der Waals surface area contributed by atoms with Crippen molar-refractivity contribution in [3.05, 3.63) is 29.8 Å². The summed E-state index contributed by atoms with van der Waals surface area (Å²) >= 11 is 1.39. The summed E-state index contributed by atoms with van der Waals surface area (Å²) in [6.07, 6.45) is 0.0271. The van der Waals surface area contributed by atoms with Gasteiger partial charge in [0.15, 0.2) is 0 Å². The Hall–Kier alpha value is -1.83. The second-order valence-electron chi connectivity index (χ2n) is 4.42. The summed E-state index contributed by atoms with van der Waals surface area (Å²) in [4.78, 5) is 24.4. The fourth-order valence-electron chi connectivity index (χ4n) is 1.96. The summed E-state index contributed by atoms with van der Waals surface area (Å²) in [5.41, 5.74) is 0.614. The van der Waals surface area contributed by atoms with Crippen LogP contribution in [0.3, 0.4) is 0 Å². The van der Waals surface area contributed by atoms with Gasteiger partial charge in [0.05, 0.1) is 12.3 Å². The third-order valence-electron chi connectivity index (χ3n) is 2.99. The van der Waals surface area contributed by atoms with Crippen molar-refractivity contribution in [2.45, 2.75) is 19.1 Å². The van der Waals surface area contributed by atoms with E-state index in [1.54, 1.807) is 0 Å². The van der Waals surface area contributed by atoms with E-state index in [0.717, 1.165) is 0 Å². The normalized spacial score (nSPS) is 18.0. The number of nitrogens with zero attached hydrogens (tertiary/aromatic N) is 1. The molecule has 1 N–H and O–H groups in total. The van der Waals surface area contributed by atoms with Crippen molar-refractivity contribution in [3.63, 3.8) is 0 Å². The summed E-state index contributed by atoms with van der Waals surface area (Å²) in [7, 11) is 0. The Balaban J connectivity index is 1.97. The van der Waals surface area contributed by atoms with Gasteiger partial charge in [0, 0.05) is 5.75 Å². The van der Waals surface area contributed by atoms with E-state index in [2.05, 4.69) is 4.74 Å². The molecule has 0 spiro atoms. The van der Waals surface area contributed by atoms with Gasteiger partial charge in [-0.25, -0.2) is 4.79 Å². The smallest absolute Gasteiger partial charge is 0.387 e. The third kappa shape index (κ3) is 4.07. The molecule has 5 nitrogen and oxygen atoms in total. The number of carboxylic acid groups (broad SMARTS) is 1. The zero-order valence-corrected chi connectivity index (χ0v) is 11.7. The second-order valence-corrected chi connectivity index (χ2v) is 5.42. The number of hydrogen-bond donors (Lipinski definition) is 1. The Labute approximate surface area is 123 Å². The molecule has 2 rings (SSSR count). The largest absolute Gasteiger partial charge is 0.480 e. The molecule has 1 aliphatic heterocycles. The van der Waals surface area contributed by atoms with E-state index < -0.39 is 18.6 Å². The molecule has 1 amide bonds. The van der Waals surface area contributed by atoms with Crippen LogP contribution in [0.4, 0.5) is 8.78 Å². The van der Waals surface area contributed by atoms with Crippen LogP contribution in [-0.2, 0) is 16.0 Å². The minimum absolute atomic E-state index is 0.0151. The van der Waals surface area contributed by atoms with Crippen molar-refractivity contribution in [2.24, 2.45) is 0 Å². The molecule has 21 heavy (non-hydrogen) atoms. The first kappa shape index (κ1) is 15.6. The van der Waals surface area contributed by atoms with Crippen LogP contribution in [0.2, 0.25) is 0 Å². The summed E-state index contributed by atoms with van der Waals surface area (Å²) in [6.45, 7) is -2.89. The van der Waals surface area contributed by atoms with Gasteiger partial charge in [-0.15, -0.1) is 11.8 Å². The average molecular weight is 317 g/mol. The van der Waals surface area contributed by atoms with E-state index in [-0.39, 0.29) is 18.1 Å². The molecule has 1 fully saturated rings. The highest BCUT2D eigenvalue weighted by molar-refractivity contribution is 7.99. The highest BCUT2D eigenvalue weighted by Crippen LogP contribution is 2.22. The van der Waals surface area contributed by atoms with E-state index in [0.29, 0.717) is 17.2 Å². The summed E-state index contributed by atoms with van der Waals surface area (Å²) in [6, 6.07) is 4.91. The van der Waals surface area contributed by atoms with Crippen LogP contribution >= 0.6 is 11.8 Å².